The highest BCUT2D eigenvalue weighted by atomic mass is 32.2. The molecule has 0 spiro atoms. The van der Waals surface area contributed by atoms with E-state index >= 15 is 0 Å². The molecule has 22 heavy (non-hydrogen) atoms. The fourth-order valence-corrected chi connectivity index (χ4v) is 4.84. The Balaban J connectivity index is 1.72. The van der Waals surface area contributed by atoms with Gasteiger partial charge in [-0.15, -0.1) is 11.3 Å². The van der Waals surface area contributed by atoms with Gasteiger partial charge in [0.25, 0.3) is 0 Å². The third kappa shape index (κ3) is 3.39. The summed E-state index contributed by atoms with van der Waals surface area (Å²) in [6.45, 7) is 2.77. The van der Waals surface area contributed by atoms with Crippen LogP contribution in [0.2, 0.25) is 0 Å². The molecule has 0 aromatic carbocycles. The minimum absolute atomic E-state index is 0.0170. The van der Waals surface area contributed by atoms with Gasteiger partial charge in [0.15, 0.2) is 0 Å². The number of anilines is 1. The predicted octanol–water partition coefficient (Wildman–Crippen LogP) is 2.13. The summed E-state index contributed by atoms with van der Waals surface area (Å²) < 4.78 is 25.6. The number of rotatable bonds is 5. The summed E-state index contributed by atoms with van der Waals surface area (Å²) in [7, 11) is -3.16. The van der Waals surface area contributed by atoms with E-state index in [1.165, 1.54) is 11.8 Å². The van der Waals surface area contributed by atoms with Crippen LogP contribution in [0.15, 0.2) is 11.7 Å². The second-order valence-electron chi connectivity index (χ2n) is 5.89. The molecule has 2 aromatic rings. The topological polar surface area (TPSA) is 84.0 Å². The minimum Gasteiger partial charge on any atom is -0.369 e. The molecule has 6 nitrogen and oxygen atoms in total. The van der Waals surface area contributed by atoms with E-state index in [1.807, 2.05) is 0 Å². The lowest BCUT2D eigenvalue weighted by Crippen LogP contribution is -2.39. The Kier molecular flexibility index (Phi) is 4.33. The highest BCUT2D eigenvalue weighted by Gasteiger charge is 2.29. The molecule has 1 saturated carbocycles. The maximum absolute atomic E-state index is 11.4. The number of hydrogen-bond donors (Lipinski definition) is 2. The zero-order chi connectivity index (χ0) is 15.7. The van der Waals surface area contributed by atoms with Crippen molar-refractivity contribution in [3.63, 3.8) is 0 Å². The normalized spacial score (nSPS) is 22.3. The Morgan fingerprint density at radius 3 is 2.95 bits per heavy atom. The van der Waals surface area contributed by atoms with Crippen molar-refractivity contribution in [2.45, 2.75) is 32.2 Å². The summed E-state index contributed by atoms with van der Waals surface area (Å²) in [5.41, 5.74) is 1.17. The fraction of sp³-hybridized carbons (Fsp3) is 0.571. The zero-order valence-corrected chi connectivity index (χ0v) is 14.3. The van der Waals surface area contributed by atoms with Crippen LogP contribution in [0.1, 0.15) is 24.8 Å². The summed E-state index contributed by atoms with van der Waals surface area (Å²) >= 11 is 1.61. The van der Waals surface area contributed by atoms with Gasteiger partial charge in [0.05, 0.1) is 11.6 Å². The molecule has 0 amide bonds. The van der Waals surface area contributed by atoms with Crippen LogP contribution in [0, 0.1) is 12.8 Å². The predicted molar refractivity (Wildman–Crippen MR) is 89.8 cm³/mol. The lowest BCUT2D eigenvalue weighted by molar-refractivity contribution is 0.463. The van der Waals surface area contributed by atoms with Crippen LogP contribution in [0.3, 0.4) is 0 Å². The van der Waals surface area contributed by atoms with E-state index < -0.39 is 10.0 Å². The number of aryl methyl sites for hydroxylation is 1. The van der Waals surface area contributed by atoms with Crippen molar-refractivity contribution >= 4 is 37.4 Å². The number of nitrogens with one attached hydrogen (secondary N) is 2. The number of fused-ring (bicyclic) bond motifs is 1. The monoisotopic (exact) mass is 340 g/mol. The second kappa shape index (κ2) is 6.10. The average Bonchev–Trinajstić information content (AvgIpc) is 3.02. The quantitative estimate of drug-likeness (QED) is 0.871. The summed E-state index contributed by atoms with van der Waals surface area (Å²) in [5.74, 6) is 1.13. The Morgan fingerprint density at radius 2 is 2.18 bits per heavy atom. The van der Waals surface area contributed by atoms with Crippen LogP contribution in [-0.4, -0.2) is 37.2 Å². The van der Waals surface area contributed by atoms with Crippen molar-refractivity contribution < 1.29 is 8.42 Å². The molecule has 8 heteroatoms. The molecule has 2 heterocycles. The van der Waals surface area contributed by atoms with Crippen molar-refractivity contribution in [1.82, 2.24) is 14.7 Å². The van der Waals surface area contributed by atoms with Crippen molar-refractivity contribution in [2.75, 3.05) is 18.1 Å². The number of nitrogens with zero attached hydrogens (tertiary/aromatic N) is 2. The highest BCUT2D eigenvalue weighted by Crippen LogP contribution is 2.30. The van der Waals surface area contributed by atoms with Gasteiger partial charge in [0, 0.05) is 12.6 Å². The van der Waals surface area contributed by atoms with Crippen molar-refractivity contribution in [2.24, 2.45) is 5.92 Å². The van der Waals surface area contributed by atoms with Crippen LogP contribution in [-0.2, 0) is 10.0 Å². The second-order valence-corrected chi connectivity index (χ2v) is 8.53. The number of thiophene rings is 1. The van der Waals surface area contributed by atoms with E-state index in [0.717, 1.165) is 35.3 Å². The SMILES string of the molecule is Cc1csc2ncnc(NCC3CCCC3NS(C)(=O)=O)c12. The Hall–Kier alpha value is -1.25. The van der Waals surface area contributed by atoms with E-state index in [9.17, 15) is 8.42 Å². The molecule has 2 unspecified atom stereocenters. The molecule has 2 aromatic heterocycles. The molecular weight excluding hydrogens is 320 g/mol. The lowest BCUT2D eigenvalue weighted by atomic mass is 10.0. The minimum atomic E-state index is -3.16. The Bertz CT molecular complexity index is 772. The van der Waals surface area contributed by atoms with Gasteiger partial charge in [-0.3, -0.25) is 0 Å². The number of sulfonamides is 1. The van der Waals surface area contributed by atoms with Crippen LogP contribution in [0.5, 0.6) is 0 Å². The van der Waals surface area contributed by atoms with E-state index in [0.29, 0.717) is 12.5 Å². The molecule has 2 atom stereocenters. The van der Waals surface area contributed by atoms with Gasteiger partial charge in [0.2, 0.25) is 10.0 Å². The van der Waals surface area contributed by atoms with Gasteiger partial charge in [0.1, 0.15) is 17.0 Å². The lowest BCUT2D eigenvalue weighted by Gasteiger charge is -2.20. The summed E-state index contributed by atoms with van der Waals surface area (Å²) in [4.78, 5) is 9.61. The number of hydrogen-bond acceptors (Lipinski definition) is 6. The number of aromatic nitrogens is 2. The van der Waals surface area contributed by atoms with Crippen LogP contribution in [0.4, 0.5) is 5.82 Å². The molecule has 0 saturated heterocycles. The first-order chi connectivity index (χ1) is 10.4. The van der Waals surface area contributed by atoms with Gasteiger partial charge < -0.3 is 5.32 Å². The Labute approximate surface area is 134 Å². The van der Waals surface area contributed by atoms with E-state index in [-0.39, 0.29) is 6.04 Å². The summed E-state index contributed by atoms with van der Waals surface area (Å²) in [6, 6.07) is 0.0170. The van der Waals surface area contributed by atoms with Crippen molar-refractivity contribution in [3.8, 4) is 0 Å². The largest absolute Gasteiger partial charge is 0.369 e. The van der Waals surface area contributed by atoms with Crippen LogP contribution >= 0.6 is 11.3 Å². The molecule has 120 valence electrons. The van der Waals surface area contributed by atoms with Gasteiger partial charge in [-0.1, -0.05) is 6.42 Å². The summed E-state index contributed by atoms with van der Waals surface area (Å²) in [6.07, 6.45) is 5.77. The first-order valence-corrected chi connectivity index (χ1v) is 10.1. The van der Waals surface area contributed by atoms with Gasteiger partial charge in [-0.2, -0.15) is 0 Å². The standard InChI is InChI=1S/C14H20N4O2S2/c1-9-7-21-14-12(9)13(16-8-17-14)15-6-10-4-3-5-11(10)18-22(2,19)20/h7-8,10-11,18H,3-6H2,1-2H3,(H,15,16,17). The zero-order valence-electron chi connectivity index (χ0n) is 12.7. The van der Waals surface area contributed by atoms with E-state index in [4.69, 9.17) is 0 Å². The first-order valence-electron chi connectivity index (χ1n) is 7.34. The van der Waals surface area contributed by atoms with Gasteiger partial charge in [-0.05, 0) is 36.6 Å². The van der Waals surface area contributed by atoms with Crippen molar-refractivity contribution in [3.05, 3.63) is 17.3 Å². The molecule has 1 aliphatic carbocycles. The molecule has 0 bridgehead atoms. The molecule has 0 aliphatic heterocycles. The highest BCUT2D eigenvalue weighted by molar-refractivity contribution is 7.88. The van der Waals surface area contributed by atoms with Gasteiger partial charge in [-0.25, -0.2) is 23.1 Å². The molecule has 3 rings (SSSR count). The van der Waals surface area contributed by atoms with E-state index in [2.05, 4.69) is 32.3 Å². The first kappa shape index (κ1) is 15.6. The third-order valence-corrected chi connectivity index (χ3v) is 5.85. The smallest absolute Gasteiger partial charge is 0.208 e. The Morgan fingerprint density at radius 1 is 1.36 bits per heavy atom. The maximum Gasteiger partial charge on any atom is 0.208 e. The van der Waals surface area contributed by atoms with E-state index in [1.54, 1.807) is 17.7 Å². The fourth-order valence-electron chi connectivity index (χ4n) is 3.09. The van der Waals surface area contributed by atoms with Crippen LogP contribution < -0.4 is 10.0 Å². The molecular formula is C14H20N4O2S2. The van der Waals surface area contributed by atoms with Gasteiger partial charge >= 0.3 is 0 Å². The van der Waals surface area contributed by atoms with Crippen LogP contribution in [0.25, 0.3) is 10.2 Å². The molecule has 2 N–H and O–H groups in total. The molecule has 0 radical (unpaired) electrons. The summed E-state index contributed by atoms with van der Waals surface area (Å²) in [5, 5.41) is 6.54. The average molecular weight is 340 g/mol. The molecule has 1 aliphatic rings. The molecule has 1 fully saturated rings. The maximum atomic E-state index is 11.4. The third-order valence-electron chi connectivity index (χ3n) is 4.11. The van der Waals surface area contributed by atoms with Crippen molar-refractivity contribution in [1.29, 1.82) is 0 Å².